The van der Waals surface area contributed by atoms with Crippen molar-refractivity contribution in [2.75, 3.05) is 13.2 Å². The molecule has 0 bridgehead atoms. The Bertz CT molecular complexity index is 2150. The van der Waals surface area contributed by atoms with Gasteiger partial charge in [0.1, 0.15) is 23.0 Å². The number of carbonyl (C=O) groups excluding carboxylic acids is 2. The number of nitrogens with zero attached hydrogens (tertiary/aromatic N) is 2. The number of hydrogen-bond acceptors (Lipinski definition) is 8. The molecule has 2 atom stereocenters. The zero-order valence-electron chi connectivity index (χ0n) is 38.0. The van der Waals surface area contributed by atoms with Crippen LogP contribution < -0.4 is 18.9 Å². The Kier molecular flexibility index (Phi) is 19.9. The highest BCUT2D eigenvalue weighted by Gasteiger charge is 2.13. The van der Waals surface area contributed by atoms with Crippen molar-refractivity contribution >= 4 is 58.9 Å². The van der Waals surface area contributed by atoms with Crippen LogP contribution in [0.3, 0.4) is 0 Å². The van der Waals surface area contributed by atoms with Crippen LogP contribution in [0.5, 0.6) is 23.0 Å². The van der Waals surface area contributed by atoms with Crippen LogP contribution in [0.4, 0.5) is 11.4 Å². The largest absolute Gasteiger partial charge is 0.492 e. The van der Waals surface area contributed by atoms with E-state index in [-0.39, 0.29) is 11.5 Å². The van der Waals surface area contributed by atoms with Crippen LogP contribution in [0.1, 0.15) is 125 Å². The summed E-state index contributed by atoms with van der Waals surface area (Å²) in [6, 6.07) is 31.1. The maximum Gasteiger partial charge on any atom is 0.343 e. The molecule has 0 radical (unpaired) electrons. The molecule has 5 rings (SSSR count). The Morgan fingerprint density at radius 2 is 0.922 bits per heavy atom. The van der Waals surface area contributed by atoms with E-state index in [1.165, 1.54) is 44.6 Å². The van der Waals surface area contributed by atoms with Gasteiger partial charge in [0.15, 0.2) is 0 Å². The van der Waals surface area contributed by atoms with Gasteiger partial charge in [-0.05, 0) is 120 Å². The minimum absolute atomic E-state index is 0.231. The molecule has 0 aliphatic heterocycles. The molecule has 0 aliphatic carbocycles. The summed E-state index contributed by atoms with van der Waals surface area (Å²) in [4.78, 5) is 35.1. The molecule has 0 saturated heterocycles. The molecular weight excluding hydrogens is 844 g/mol. The van der Waals surface area contributed by atoms with Crippen molar-refractivity contribution < 1.29 is 28.5 Å². The monoisotopic (exact) mass is 904 g/mol. The van der Waals surface area contributed by atoms with Crippen molar-refractivity contribution in [3.8, 4) is 23.0 Å². The third-order valence-corrected chi connectivity index (χ3v) is 11.4. The summed E-state index contributed by atoms with van der Waals surface area (Å²) >= 11 is 13.0. The van der Waals surface area contributed by atoms with E-state index in [0.717, 1.165) is 35.8 Å². The van der Waals surface area contributed by atoms with E-state index in [9.17, 15) is 9.59 Å². The molecule has 0 aliphatic rings. The predicted octanol–water partition coefficient (Wildman–Crippen LogP) is 15.4. The fraction of sp³-hybridized carbons (Fsp3) is 0.370. The molecular formula is C54H62Cl2N2O6. The molecule has 0 aromatic heterocycles. The second-order valence-electron chi connectivity index (χ2n) is 17.4. The van der Waals surface area contributed by atoms with Gasteiger partial charge in [-0.25, -0.2) is 9.59 Å². The summed E-state index contributed by atoms with van der Waals surface area (Å²) in [7, 11) is 0. The van der Waals surface area contributed by atoms with Gasteiger partial charge >= 0.3 is 11.9 Å². The summed E-state index contributed by atoms with van der Waals surface area (Å²) in [5.41, 5.74) is 3.64. The number of carbonyl (C=O) groups is 2. The van der Waals surface area contributed by atoms with E-state index in [4.69, 9.17) is 42.1 Å². The Morgan fingerprint density at radius 3 is 1.30 bits per heavy atom. The van der Waals surface area contributed by atoms with Crippen molar-refractivity contribution in [3.05, 3.63) is 141 Å². The maximum atomic E-state index is 13.0. The Hall–Kier alpha value is -5.44. The quantitative estimate of drug-likeness (QED) is 0.0348. The average Bonchev–Trinajstić information content (AvgIpc) is 3.26. The highest BCUT2D eigenvalue weighted by molar-refractivity contribution is 6.32. The lowest BCUT2D eigenvalue weighted by molar-refractivity contribution is 0.0732. The van der Waals surface area contributed by atoms with Crippen LogP contribution in [0.25, 0.3) is 0 Å². The lowest BCUT2D eigenvalue weighted by atomic mass is 9.98. The summed E-state index contributed by atoms with van der Waals surface area (Å²) in [5, 5.41) is 1.02. The molecule has 5 aromatic carbocycles. The zero-order chi connectivity index (χ0) is 45.8. The van der Waals surface area contributed by atoms with Gasteiger partial charge in [0.25, 0.3) is 0 Å². The zero-order valence-corrected chi connectivity index (χ0v) is 39.5. The van der Waals surface area contributed by atoms with E-state index in [2.05, 4.69) is 51.5 Å². The molecule has 5 aromatic rings. The Labute approximate surface area is 390 Å². The fourth-order valence-electron chi connectivity index (χ4n) is 6.79. The number of esters is 2. The van der Waals surface area contributed by atoms with E-state index >= 15 is 0 Å². The molecule has 0 heterocycles. The number of benzene rings is 5. The number of hydrogen-bond donors (Lipinski definition) is 0. The third-order valence-electron chi connectivity index (χ3n) is 10.8. The van der Waals surface area contributed by atoms with Crippen LogP contribution in [0.2, 0.25) is 10.0 Å². The summed E-state index contributed by atoms with van der Waals surface area (Å²) in [5.74, 6) is 3.32. The van der Waals surface area contributed by atoms with Crippen LogP contribution in [-0.4, -0.2) is 37.6 Å². The predicted molar refractivity (Wildman–Crippen MR) is 263 cm³/mol. The third kappa shape index (κ3) is 17.3. The van der Waals surface area contributed by atoms with Crippen molar-refractivity contribution in [3.63, 3.8) is 0 Å². The van der Waals surface area contributed by atoms with E-state index in [0.29, 0.717) is 69.1 Å². The molecule has 8 nitrogen and oxygen atoms in total. The minimum atomic E-state index is -0.559. The molecule has 0 saturated carbocycles. The minimum Gasteiger partial charge on any atom is -0.492 e. The molecule has 10 heteroatoms. The average molecular weight is 906 g/mol. The lowest BCUT2D eigenvalue weighted by Crippen LogP contribution is -2.10. The molecule has 0 fully saturated rings. The van der Waals surface area contributed by atoms with Gasteiger partial charge in [-0.3, -0.25) is 9.98 Å². The number of rotatable bonds is 24. The highest BCUT2D eigenvalue weighted by atomic mass is 35.5. The van der Waals surface area contributed by atoms with Crippen LogP contribution in [0.15, 0.2) is 119 Å². The van der Waals surface area contributed by atoms with E-state index in [1.807, 2.05) is 24.3 Å². The lowest BCUT2D eigenvalue weighted by Gasteiger charge is -2.14. The van der Waals surface area contributed by atoms with Gasteiger partial charge in [-0.1, -0.05) is 134 Å². The fourth-order valence-corrected chi connectivity index (χ4v) is 7.25. The van der Waals surface area contributed by atoms with Crippen molar-refractivity contribution in [1.82, 2.24) is 0 Å². The van der Waals surface area contributed by atoms with Crippen molar-refractivity contribution in [1.29, 1.82) is 0 Å². The highest BCUT2D eigenvalue weighted by Crippen LogP contribution is 2.31. The first-order chi connectivity index (χ1) is 30.8. The number of ether oxygens (including phenoxy) is 4. The Morgan fingerprint density at radius 1 is 0.516 bits per heavy atom. The molecule has 64 heavy (non-hydrogen) atoms. The summed E-state index contributed by atoms with van der Waals surface area (Å²) in [6.45, 7) is 14.8. The first-order valence-electron chi connectivity index (χ1n) is 22.5. The van der Waals surface area contributed by atoms with Gasteiger partial charge in [0.2, 0.25) is 0 Å². The van der Waals surface area contributed by atoms with Crippen LogP contribution in [-0.2, 0) is 0 Å². The molecule has 0 unspecified atom stereocenters. The molecule has 0 amide bonds. The topological polar surface area (TPSA) is 95.8 Å². The van der Waals surface area contributed by atoms with Gasteiger partial charge in [-0.15, -0.1) is 0 Å². The first-order valence-corrected chi connectivity index (χ1v) is 23.2. The van der Waals surface area contributed by atoms with E-state index in [1.54, 1.807) is 91.3 Å². The van der Waals surface area contributed by atoms with Gasteiger partial charge in [0.05, 0.1) is 45.8 Å². The van der Waals surface area contributed by atoms with Gasteiger partial charge in [0, 0.05) is 18.5 Å². The van der Waals surface area contributed by atoms with Gasteiger partial charge < -0.3 is 18.9 Å². The number of aliphatic imine (C=N–C) groups is 2. The standard InChI is InChI=1S/C54H62Cl2N2O6/c1-37(2)10-7-12-39(5)28-30-61-51-26-24-45(32-49(51)55)57-35-41-16-20-43(21-17-41)53(59)63-47-14-9-15-48(34-47)64-54(60)44-22-18-42(19-23-44)36-58-46-25-27-52(50(56)33-46)62-31-29-40(6)13-8-11-38(3)4/h9,14-27,32-40H,7-8,10-13,28-31H2,1-6H3/t39-,40-/m0/s1. The molecule has 0 N–H and O–H groups in total. The van der Waals surface area contributed by atoms with Crippen LogP contribution >= 0.6 is 23.2 Å². The summed E-state index contributed by atoms with van der Waals surface area (Å²) < 4.78 is 23.1. The van der Waals surface area contributed by atoms with Crippen molar-refractivity contribution in [2.24, 2.45) is 33.7 Å². The normalized spacial score (nSPS) is 12.5. The maximum absolute atomic E-state index is 13.0. The first kappa shape index (κ1) is 49.6. The smallest absolute Gasteiger partial charge is 0.343 e. The molecule has 0 spiro atoms. The van der Waals surface area contributed by atoms with Crippen molar-refractivity contribution in [2.45, 2.75) is 92.9 Å². The Balaban J connectivity index is 1.05. The SMILES string of the molecule is CC(C)CCC[C@H](C)CCOc1ccc(N=Cc2ccc(C(=O)Oc3cccc(OC(=O)c4ccc(C=Nc5ccc(OCC[C@@H](C)CCCC(C)C)c(Cl)c5)cc4)c3)cc2)cc1Cl. The van der Waals surface area contributed by atoms with Crippen LogP contribution in [0, 0.1) is 23.7 Å². The second-order valence-corrected chi connectivity index (χ2v) is 18.2. The van der Waals surface area contributed by atoms with E-state index < -0.39 is 11.9 Å². The molecule has 338 valence electrons. The number of halogens is 2. The summed E-state index contributed by atoms with van der Waals surface area (Å²) in [6.07, 6.45) is 12.8. The van der Waals surface area contributed by atoms with Gasteiger partial charge in [-0.2, -0.15) is 0 Å². The second kappa shape index (κ2) is 25.8.